The number of nitrogens with one attached hydrogen (secondary N) is 1. The van der Waals surface area contributed by atoms with Gasteiger partial charge in [-0.25, -0.2) is 8.42 Å². The first-order chi connectivity index (χ1) is 14.6. The summed E-state index contributed by atoms with van der Waals surface area (Å²) in [7, 11) is -3.67. The van der Waals surface area contributed by atoms with Crippen molar-refractivity contribution in [3.8, 4) is 11.5 Å². The van der Waals surface area contributed by atoms with Gasteiger partial charge < -0.3 is 14.8 Å². The molecule has 0 radical (unpaired) electrons. The molecule has 2 aliphatic rings. The van der Waals surface area contributed by atoms with Crippen LogP contribution in [0.1, 0.15) is 23.5 Å². The van der Waals surface area contributed by atoms with E-state index in [1.54, 1.807) is 36.4 Å². The summed E-state index contributed by atoms with van der Waals surface area (Å²) in [6.45, 7) is 2.13. The standard InChI is InChI=1S/C24H23NO4S/c26-30(27,19-8-4-7-18(13-19)28-16-17-5-2-1-3-6-17)20-9-10-21-22-11-12-25-15-24(22)29-23(21)14-20/h1-10,13-14,22,24-25H,11-12,15-16H2. The van der Waals surface area contributed by atoms with Crippen LogP contribution in [-0.2, 0) is 16.4 Å². The molecule has 1 fully saturated rings. The van der Waals surface area contributed by atoms with Gasteiger partial charge in [-0.15, -0.1) is 0 Å². The molecule has 0 saturated carbocycles. The minimum Gasteiger partial charge on any atom is -0.489 e. The number of hydrogen-bond acceptors (Lipinski definition) is 5. The average Bonchev–Trinajstić information content (AvgIpc) is 3.16. The molecule has 1 N–H and O–H groups in total. The van der Waals surface area contributed by atoms with E-state index in [0.29, 0.717) is 24.0 Å². The van der Waals surface area contributed by atoms with E-state index in [-0.39, 0.29) is 15.9 Å². The normalized spacial score (nSPS) is 20.1. The predicted octanol–water partition coefficient (Wildman–Crippen LogP) is 3.94. The lowest BCUT2D eigenvalue weighted by molar-refractivity contribution is 0.176. The molecular weight excluding hydrogens is 398 g/mol. The Morgan fingerprint density at radius 1 is 0.967 bits per heavy atom. The van der Waals surface area contributed by atoms with Gasteiger partial charge in [-0.2, -0.15) is 0 Å². The van der Waals surface area contributed by atoms with Gasteiger partial charge in [0.05, 0.1) is 9.79 Å². The predicted molar refractivity (Wildman–Crippen MR) is 114 cm³/mol. The van der Waals surface area contributed by atoms with E-state index in [4.69, 9.17) is 9.47 Å². The van der Waals surface area contributed by atoms with Crippen molar-refractivity contribution in [3.63, 3.8) is 0 Å². The van der Waals surface area contributed by atoms with Gasteiger partial charge in [0.15, 0.2) is 0 Å². The topological polar surface area (TPSA) is 64.6 Å². The molecule has 6 heteroatoms. The number of fused-ring (bicyclic) bond motifs is 3. The van der Waals surface area contributed by atoms with Crippen LogP contribution in [0.2, 0.25) is 0 Å². The van der Waals surface area contributed by atoms with Crippen LogP contribution in [-0.4, -0.2) is 27.6 Å². The van der Waals surface area contributed by atoms with Crippen LogP contribution in [0.4, 0.5) is 0 Å². The maximum atomic E-state index is 13.3. The zero-order chi connectivity index (χ0) is 20.6. The van der Waals surface area contributed by atoms with Gasteiger partial charge in [-0.05, 0) is 48.9 Å². The second kappa shape index (κ2) is 7.78. The summed E-state index contributed by atoms with van der Waals surface area (Å²) < 4.78 is 38.4. The number of benzene rings is 3. The van der Waals surface area contributed by atoms with Gasteiger partial charge in [0, 0.05) is 18.0 Å². The Hall–Kier alpha value is -2.83. The van der Waals surface area contributed by atoms with Crippen LogP contribution in [0.5, 0.6) is 11.5 Å². The van der Waals surface area contributed by atoms with Crippen LogP contribution in [0.25, 0.3) is 0 Å². The van der Waals surface area contributed by atoms with Gasteiger partial charge in [-0.1, -0.05) is 42.5 Å². The van der Waals surface area contributed by atoms with Gasteiger partial charge in [0.1, 0.15) is 24.2 Å². The quantitative estimate of drug-likeness (QED) is 0.676. The first kappa shape index (κ1) is 19.2. The fourth-order valence-corrected chi connectivity index (χ4v) is 5.48. The Morgan fingerprint density at radius 3 is 2.67 bits per heavy atom. The van der Waals surface area contributed by atoms with E-state index in [1.165, 1.54) is 0 Å². The second-order valence-corrected chi connectivity index (χ2v) is 9.66. The zero-order valence-electron chi connectivity index (χ0n) is 16.5. The Kier molecular flexibility index (Phi) is 4.97. The van der Waals surface area contributed by atoms with Crippen LogP contribution in [0.3, 0.4) is 0 Å². The third-order valence-corrected chi connectivity index (χ3v) is 7.51. The van der Waals surface area contributed by atoms with E-state index in [0.717, 1.165) is 30.6 Å². The SMILES string of the molecule is O=S(=O)(c1cccc(OCc2ccccc2)c1)c1ccc2c(c1)OC1CNCCC21. The van der Waals surface area contributed by atoms with Gasteiger partial charge in [0.2, 0.25) is 9.84 Å². The molecule has 5 nitrogen and oxygen atoms in total. The van der Waals surface area contributed by atoms with Crippen LogP contribution in [0, 0.1) is 0 Å². The van der Waals surface area contributed by atoms with Gasteiger partial charge in [-0.3, -0.25) is 0 Å². The van der Waals surface area contributed by atoms with Crippen molar-refractivity contribution in [1.82, 2.24) is 5.32 Å². The van der Waals surface area contributed by atoms with E-state index in [2.05, 4.69) is 5.32 Å². The summed E-state index contributed by atoms with van der Waals surface area (Å²) in [6.07, 6.45) is 1.09. The van der Waals surface area contributed by atoms with Crippen molar-refractivity contribution in [3.05, 3.63) is 83.9 Å². The molecule has 3 aromatic rings. The van der Waals surface area contributed by atoms with Crippen molar-refractivity contribution in [1.29, 1.82) is 0 Å². The molecule has 0 bridgehead atoms. The molecule has 2 aliphatic heterocycles. The molecule has 0 aromatic heterocycles. The molecule has 5 rings (SSSR count). The second-order valence-electron chi connectivity index (χ2n) is 7.71. The molecule has 30 heavy (non-hydrogen) atoms. The largest absolute Gasteiger partial charge is 0.489 e. The Labute approximate surface area is 176 Å². The Morgan fingerprint density at radius 2 is 1.80 bits per heavy atom. The molecule has 0 spiro atoms. The highest BCUT2D eigenvalue weighted by atomic mass is 32.2. The highest BCUT2D eigenvalue weighted by Gasteiger charge is 2.36. The van der Waals surface area contributed by atoms with Crippen LogP contribution < -0.4 is 14.8 Å². The monoisotopic (exact) mass is 421 g/mol. The molecule has 2 unspecified atom stereocenters. The smallest absolute Gasteiger partial charge is 0.206 e. The Bertz CT molecular complexity index is 1160. The summed E-state index contributed by atoms with van der Waals surface area (Å²) >= 11 is 0. The van der Waals surface area contributed by atoms with Gasteiger partial charge in [0.25, 0.3) is 0 Å². The van der Waals surface area contributed by atoms with Crippen molar-refractivity contribution < 1.29 is 17.9 Å². The fourth-order valence-electron chi connectivity index (χ4n) is 4.17. The van der Waals surface area contributed by atoms with Gasteiger partial charge >= 0.3 is 0 Å². The van der Waals surface area contributed by atoms with Crippen molar-refractivity contribution in [2.24, 2.45) is 0 Å². The number of piperidine rings is 1. The lowest BCUT2D eigenvalue weighted by atomic mass is 9.90. The number of sulfone groups is 1. The van der Waals surface area contributed by atoms with E-state index >= 15 is 0 Å². The van der Waals surface area contributed by atoms with Crippen molar-refractivity contribution in [2.45, 2.75) is 34.8 Å². The molecule has 0 aliphatic carbocycles. The highest BCUT2D eigenvalue weighted by molar-refractivity contribution is 7.91. The first-order valence-electron chi connectivity index (χ1n) is 10.1. The lowest BCUT2D eigenvalue weighted by Crippen LogP contribution is -2.39. The van der Waals surface area contributed by atoms with Crippen molar-refractivity contribution in [2.75, 3.05) is 13.1 Å². The number of ether oxygens (including phenoxy) is 2. The molecule has 0 amide bonds. The summed E-state index contributed by atoms with van der Waals surface area (Å²) in [5.74, 6) is 1.55. The third kappa shape index (κ3) is 3.57. The van der Waals surface area contributed by atoms with E-state index < -0.39 is 9.84 Å². The van der Waals surface area contributed by atoms with Crippen LogP contribution >= 0.6 is 0 Å². The summed E-state index contributed by atoms with van der Waals surface area (Å²) in [4.78, 5) is 0.457. The zero-order valence-corrected chi connectivity index (χ0v) is 17.3. The minimum absolute atomic E-state index is 0.0846. The fraction of sp³-hybridized carbons (Fsp3) is 0.250. The highest BCUT2D eigenvalue weighted by Crippen LogP contribution is 2.42. The number of hydrogen-bond donors (Lipinski definition) is 1. The first-order valence-corrected chi connectivity index (χ1v) is 11.6. The third-order valence-electron chi connectivity index (χ3n) is 5.76. The maximum absolute atomic E-state index is 13.3. The Balaban J connectivity index is 1.39. The molecular formula is C24H23NO4S. The molecule has 1 saturated heterocycles. The maximum Gasteiger partial charge on any atom is 0.206 e. The molecule has 2 heterocycles. The van der Waals surface area contributed by atoms with E-state index in [9.17, 15) is 8.42 Å². The van der Waals surface area contributed by atoms with Crippen LogP contribution in [0.15, 0.2) is 82.6 Å². The summed E-state index contributed by atoms with van der Waals surface area (Å²) in [6, 6.07) is 21.7. The minimum atomic E-state index is -3.67. The molecule has 2 atom stereocenters. The number of rotatable bonds is 5. The summed E-state index contributed by atoms with van der Waals surface area (Å²) in [5.41, 5.74) is 2.14. The average molecular weight is 422 g/mol. The lowest BCUT2D eigenvalue weighted by Gasteiger charge is -2.24. The van der Waals surface area contributed by atoms with Crippen molar-refractivity contribution >= 4 is 9.84 Å². The molecule has 3 aromatic carbocycles. The van der Waals surface area contributed by atoms with E-state index in [1.807, 2.05) is 36.4 Å². The summed E-state index contributed by atoms with van der Waals surface area (Å²) in [5, 5.41) is 3.33. The molecule has 154 valence electrons.